The summed E-state index contributed by atoms with van der Waals surface area (Å²) in [6.07, 6.45) is 8.91. The molecule has 6 aromatic carbocycles. The van der Waals surface area contributed by atoms with Crippen LogP contribution in [0.1, 0.15) is 22.6 Å². The average Bonchev–Trinajstić information content (AvgIpc) is 3.68. The van der Waals surface area contributed by atoms with Crippen molar-refractivity contribution in [3.63, 3.8) is 0 Å². The first kappa shape index (κ1) is 27.7. The highest BCUT2D eigenvalue weighted by Gasteiger charge is 2.36. The van der Waals surface area contributed by atoms with E-state index in [4.69, 9.17) is 0 Å². The highest BCUT2D eigenvalue weighted by molar-refractivity contribution is 6.11. The fourth-order valence-corrected chi connectivity index (χ4v) is 7.64. The fraction of sp³-hybridized carbons (Fsp3) is 0.0455. The van der Waals surface area contributed by atoms with Gasteiger partial charge in [0.2, 0.25) is 0 Å². The Morgan fingerprint density at radius 3 is 2.08 bits per heavy atom. The third kappa shape index (κ3) is 4.21. The molecular weight excluding hydrogens is 585 g/mol. The summed E-state index contributed by atoms with van der Waals surface area (Å²) in [7, 11) is 0. The lowest BCUT2D eigenvalue weighted by Gasteiger charge is -2.28. The Labute approximate surface area is 279 Å². The van der Waals surface area contributed by atoms with Gasteiger partial charge in [0.15, 0.2) is 0 Å². The first-order chi connectivity index (χ1) is 23.7. The molecule has 0 saturated heterocycles. The van der Waals surface area contributed by atoms with Crippen molar-refractivity contribution < 1.29 is 0 Å². The predicted octanol–water partition coefficient (Wildman–Crippen LogP) is 10.6. The van der Waals surface area contributed by atoms with Gasteiger partial charge in [-0.25, -0.2) is 0 Å². The lowest BCUT2D eigenvalue weighted by atomic mass is 9.91. The molecule has 0 fully saturated rings. The van der Waals surface area contributed by atoms with Crippen LogP contribution < -0.4 is 4.90 Å². The molecule has 48 heavy (non-hydrogen) atoms. The van der Waals surface area contributed by atoms with Crippen LogP contribution in [0.25, 0.3) is 49.7 Å². The molecule has 2 aliphatic rings. The predicted molar refractivity (Wildman–Crippen MR) is 194 cm³/mol. The number of para-hydroxylation sites is 3. The van der Waals surface area contributed by atoms with E-state index in [1.54, 1.807) is 0 Å². The van der Waals surface area contributed by atoms with Crippen LogP contribution in [0.3, 0.4) is 0 Å². The lowest BCUT2D eigenvalue weighted by Crippen LogP contribution is -2.28. The topological polar surface area (TPSA) is 55.8 Å². The van der Waals surface area contributed by atoms with E-state index in [0.29, 0.717) is 17.0 Å². The van der Waals surface area contributed by atoms with Crippen molar-refractivity contribution in [3.05, 3.63) is 174 Å². The van der Waals surface area contributed by atoms with Crippen LogP contribution in [0, 0.1) is 22.7 Å². The van der Waals surface area contributed by atoms with Crippen molar-refractivity contribution >= 4 is 33.2 Å². The summed E-state index contributed by atoms with van der Waals surface area (Å²) in [6, 6.07) is 51.0. The van der Waals surface area contributed by atoms with E-state index in [2.05, 4.69) is 137 Å². The Balaban J connectivity index is 1.11. The molecule has 1 aliphatic carbocycles. The maximum Gasteiger partial charge on any atom is 0.101 e. The molecule has 7 aromatic rings. The maximum atomic E-state index is 10.1. The van der Waals surface area contributed by atoms with Crippen LogP contribution in [-0.4, -0.2) is 10.6 Å². The standard InChI is InChI=1S/C44H28N4/c45-27-29-16-25-43(48-42-15-6-3-11-37(42)38-12-7-8-33(28-46)44(38)48)39(26-29)32-19-17-30(18-20-32)31-21-23-34(24-22-31)47-40-13-4-1-9-35(40)36-10-2-5-14-41(36)47/h1-26,35,40H. The summed E-state index contributed by atoms with van der Waals surface area (Å²) < 4.78 is 2.17. The summed E-state index contributed by atoms with van der Waals surface area (Å²) in [4.78, 5) is 2.45. The molecule has 1 aliphatic heterocycles. The molecule has 2 unspecified atom stereocenters. The second-order valence-corrected chi connectivity index (χ2v) is 12.3. The van der Waals surface area contributed by atoms with Crippen molar-refractivity contribution in [2.45, 2.75) is 12.0 Å². The molecular formula is C44H28N4. The van der Waals surface area contributed by atoms with Crippen molar-refractivity contribution in [2.75, 3.05) is 4.90 Å². The van der Waals surface area contributed by atoms with Crippen LogP contribution in [0.15, 0.2) is 158 Å². The first-order valence-electron chi connectivity index (χ1n) is 16.1. The van der Waals surface area contributed by atoms with Gasteiger partial charge in [0.05, 0.1) is 40.0 Å². The zero-order chi connectivity index (χ0) is 32.2. The van der Waals surface area contributed by atoms with E-state index in [9.17, 15) is 10.5 Å². The maximum absolute atomic E-state index is 10.1. The second-order valence-electron chi connectivity index (χ2n) is 12.3. The molecule has 0 amide bonds. The molecule has 0 bridgehead atoms. The molecule has 2 heterocycles. The Morgan fingerprint density at radius 2 is 1.27 bits per heavy atom. The number of hydrogen-bond donors (Lipinski definition) is 0. The van der Waals surface area contributed by atoms with Gasteiger partial charge in [0.1, 0.15) is 6.07 Å². The molecule has 0 saturated carbocycles. The first-order valence-corrected chi connectivity index (χ1v) is 16.1. The number of rotatable bonds is 4. The number of benzene rings is 6. The van der Waals surface area contributed by atoms with Gasteiger partial charge in [-0.2, -0.15) is 10.5 Å². The van der Waals surface area contributed by atoms with Crippen LogP contribution in [-0.2, 0) is 0 Å². The van der Waals surface area contributed by atoms with Crippen molar-refractivity contribution in [1.82, 2.24) is 4.57 Å². The Bertz CT molecular complexity index is 2540. The van der Waals surface area contributed by atoms with E-state index in [0.717, 1.165) is 49.7 Å². The second kappa shape index (κ2) is 11.0. The van der Waals surface area contributed by atoms with E-state index in [1.807, 2.05) is 42.5 Å². The summed E-state index contributed by atoms with van der Waals surface area (Å²) in [5.74, 6) is 0.358. The van der Waals surface area contributed by atoms with Gasteiger partial charge in [-0.05, 0) is 70.8 Å². The van der Waals surface area contributed by atoms with Crippen molar-refractivity contribution in [1.29, 1.82) is 10.5 Å². The van der Waals surface area contributed by atoms with Gasteiger partial charge in [-0.3, -0.25) is 0 Å². The molecule has 4 nitrogen and oxygen atoms in total. The SMILES string of the molecule is N#Cc1ccc(-n2c3ccccc3c3cccc(C#N)c32)c(-c2ccc(-c3ccc(N4c5ccccc5C5C=CC=CC54)cc3)cc2)c1. The van der Waals surface area contributed by atoms with Crippen LogP contribution in [0.4, 0.5) is 11.4 Å². The molecule has 9 rings (SSSR count). The van der Waals surface area contributed by atoms with E-state index in [1.165, 1.54) is 16.9 Å². The van der Waals surface area contributed by atoms with Gasteiger partial charge in [0, 0.05) is 33.6 Å². The molecule has 0 N–H and O–H groups in total. The van der Waals surface area contributed by atoms with Gasteiger partial charge >= 0.3 is 0 Å². The Kier molecular flexibility index (Phi) is 6.35. The number of fused-ring (bicyclic) bond motifs is 6. The quantitative estimate of drug-likeness (QED) is 0.199. The molecule has 2 atom stereocenters. The summed E-state index contributed by atoms with van der Waals surface area (Å²) >= 11 is 0. The summed E-state index contributed by atoms with van der Waals surface area (Å²) in [5, 5.41) is 22.1. The minimum atomic E-state index is 0.273. The summed E-state index contributed by atoms with van der Waals surface area (Å²) in [5.41, 5.74) is 12.0. The monoisotopic (exact) mass is 612 g/mol. The third-order valence-corrected chi connectivity index (χ3v) is 9.82. The molecule has 0 spiro atoms. The van der Waals surface area contributed by atoms with Crippen LogP contribution in [0.5, 0.6) is 0 Å². The number of aromatic nitrogens is 1. The minimum absolute atomic E-state index is 0.273. The molecule has 4 heteroatoms. The van der Waals surface area contributed by atoms with Crippen molar-refractivity contribution in [2.24, 2.45) is 0 Å². The summed E-state index contributed by atoms with van der Waals surface area (Å²) in [6.45, 7) is 0. The fourth-order valence-electron chi connectivity index (χ4n) is 7.64. The van der Waals surface area contributed by atoms with Crippen LogP contribution >= 0.6 is 0 Å². The normalized spacial score (nSPS) is 16.1. The van der Waals surface area contributed by atoms with Gasteiger partial charge in [0.25, 0.3) is 0 Å². The number of nitrogens with zero attached hydrogens (tertiary/aromatic N) is 4. The largest absolute Gasteiger partial charge is 0.333 e. The van der Waals surface area contributed by atoms with Crippen molar-refractivity contribution in [3.8, 4) is 40.1 Å². The Morgan fingerprint density at radius 1 is 0.562 bits per heavy atom. The van der Waals surface area contributed by atoms with Gasteiger partial charge in [-0.15, -0.1) is 0 Å². The number of anilines is 2. The van der Waals surface area contributed by atoms with Crippen LogP contribution in [0.2, 0.25) is 0 Å². The van der Waals surface area contributed by atoms with E-state index < -0.39 is 0 Å². The van der Waals surface area contributed by atoms with E-state index >= 15 is 0 Å². The number of nitriles is 2. The Hall–Kier alpha value is -6.62. The zero-order valence-corrected chi connectivity index (χ0v) is 26.0. The molecule has 1 aromatic heterocycles. The number of allylic oxidation sites excluding steroid dienone is 2. The zero-order valence-electron chi connectivity index (χ0n) is 26.0. The smallest absolute Gasteiger partial charge is 0.101 e. The molecule has 224 valence electrons. The average molecular weight is 613 g/mol. The lowest BCUT2D eigenvalue weighted by molar-refractivity contribution is 0.745. The third-order valence-electron chi connectivity index (χ3n) is 9.82. The molecule has 0 radical (unpaired) electrons. The van der Waals surface area contributed by atoms with E-state index in [-0.39, 0.29) is 6.04 Å². The highest BCUT2D eigenvalue weighted by atomic mass is 15.2. The van der Waals surface area contributed by atoms with Gasteiger partial charge in [-0.1, -0.05) is 109 Å². The minimum Gasteiger partial charge on any atom is -0.333 e. The highest BCUT2D eigenvalue weighted by Crippen LogP contribution is 2.47. The van der Waals surface area contributed by atoms with Gasteiger partial charge < -0.3 is 9.47 Å². The number of hydrogen-bond acceptors (Lipinski definition) is 3.